The van der Waals surface area contributed by atoms with Crippen molar-refractivity contribution in [3.8, 4) is 0 Å². The number of benzene rings is 1. The van der Waals surface area contributed by atoms with Crippen LogP contribution in [0.15, 0.2) is 12.1 Å². The molecule has 2 aliphatic rings. The van der Waals surface area contributed by atoms with Gasteiger partial charge in [-0.25, -0.2) is 4.39 Å². The van der Waals surface area contributed by atoms with Gasteiger partial charge in [-0.1, -0.05) is 17.7 Å². The summed E-state index contributed by atoms with van der Waals surface area (Å²) in [6, 6.07) is 3.18. The summed E-state index contributed by atoms with van der Waals surface area (Å²) in [4.78, 5) is 24.7. The van der Waals surface area contributed by atoms with Crippen molar-refractivity contribution in [2.45, 2.75) is 24.9 Å². The van der Waals surface area contributed by atoms with Crippen LogP contribution in [0.2, 0.25) is 5.02 Å². The molecule has 7 heteroatoms. The molecule has 1 aromatic rings. The third-order valence-electron chi connectivity index (χ3n) is 3.91. The highest BCUT2D eigenvalue weighted by molar-refractivity contribution is 6.32. The fourth-order valence-electron chi connectivity index (χ4n) is 2.71. The predicted octanol–water partition coefficient (Wildman–Crippen LogP) is 1.18. The number of carbonyl (C=O) groups excluding carboxylic acids is 2. The van der Waals surface area contributed by atoms with Gasteiger partial charge in [0.05, 0.1) is 22.7 Å². The Morgan fingerprint density at radius 1 is 1.33 bits per heavy atom. The Morgan fingerprint density at radius 2 is 2.05 bits per heavy atom. The third kappa shape index (κ3) is 2.49. The topological polar surface area (TPSA) is 69.6 Å². The lowest BCUT2D eigenvalue weighted by atomic mass is 9.90. The number of carbonyl (C=O) groups is 2. The van der Waals surface area contributed by atoms with Crippen LogP contribution in [-0.2, 0) is 9.59 Å². The van der Waals surface area contributed by atoms with E-state index >= 15 is 0 Å². The van der Waals surface area contributed by atoms with E-state index in [0.717, 1.165) is 0 Å². The number of halogens is 2. The monoisotopic (exact) mass is 312 g/mol. The van der Waals surface area contributed by atoms with Crippen LogP contribution in [0.5, 0.6) is 0 Å². The lowest BCUT2D eigenvalue weighted by molar-refractivity contribution is -0.134. The molecule has 1 aromatic carbocycles. The number of rotatable bonds is 2. The lowest BCUT2D eigenvalue weighted by Gasteiger charge is -2.38. The summed E-state index contributed by atoms with van der Waals surface area (Å²) in [5.74, 6) is -1.97. The first kappa shape index (κ1) is 14.3. The molecule has 5 nitrogen and oxygen atoms in total. The van der Waals surface area contributed by atoms with Crippen molar-refractivity contribution in [2.24, 2.45) is 0 Å². The van der Waals surface area contributed by atoms with Crippen LogP contribution in [0.1, 0.15) is 24.3 Å². The Balaban J connectivity index is 1.89. The van der Waals surface area contributed by atoms with Crippen molar-refractivity contribution in [1.82, 2.24) is 5.32 Å². The van der Waals surface area contributed by atoms with Crippen LogP contribution < -0.4 is 10.2 Å². The lowest BCUT2D eigenvalue weighted by Crippen LogP contribution is -2.51. The molecule has 112 valence electrons. The third-order valence-corrected chi connectivity index (χ3v) is 4.29. The number of aliphatic hydroxyl groups is 1. The number of anilines is 1. The smallest absolute Gasteiger partial charge is 0.234 e. The van der Waals surface area contributed by atoms with E-state index in [1.807, 2.05) is 0 Å². The van der Waals surface area contributed by atoms with Gasteiger partial charge in [0.25, 0.3) is 0 Å². The molecule has 3 rings (SSSR count). The zero-order valence-electron chi connectivity index (χ0n) is 11.1. The van der Waals surface area contributed by atoms with Crippen LogP contribution in [0.25, 0.3) is 0 Å². The maximum Gasteiger partial charge on any atom is 0.234 e. The van der Waals surface area contributed by atoms with E-state index in [1.165, 1.54) is 0 Å². The van der Waals surface area contributed by atoms with Crippen molar-refractivity contribution in [1.29, 1.82) is 0 Å². The highest BCUT2D eigenvalue weighted by Gasteiger charge is 2.33. The summed E-state index contributed by atoms with van der Waals surface area (Å²) < 4.78 is 14.4. The number of hydrogen-bond donors (Lipinski definition) is 2. The van der Waals surface area contributed by atoms with E-state index < -0.39 is 23.7 Å². The van der Waals surface area contributed by atoms with Gasteiger partial charge in [-0.05, 0) is 18.1 Å². The maximum atomic E-state index is 14.4. The second-order valence-corrected chi connectivity index (χ2v) is 5.74. The van der Waals surface area contributed by atoms with Crippen molar-refractivity contribution >= 4 is 29.1 Å². The Labute approximate surface area is 125 Å². The molecule has 1 atom stereocenters. The molecular formula is C14H14ClFN2O3. The Bertz CT molecular complexity index is 616. The van der Waals surface area contributed by atoms with Crippen LogP contribution in [0, 0.1) is 5.82 Å². The molecule has 0 saturated carbocycles. The van der Waals surface area contributed by atoms with E-state index in [9.17, 15) is 19.1 Å². The number of hydrogen-bond acceptors (Lipinski definition) is 4. The Morgan fingerprint density at radius 3 is 2.67 bits per heavy atom. The highest BCUT2D eigenvalue weighted by Crippen LogP contribution is 2.37. The molecule has 0 aliphatic carbocycles. The minimum Gasteiger partial charge on any atom is -0.389 e. The molecule has 0 bridgehead atoms. The fourth-order valence-corrected chi connectivity index (χ4v) is 3.00. The number of nitrogens with one attached hydrogen (secondary N) is 1. The number of piperidine rings is 1. The van der Waals surface area contributed by atoms with Gasteiger partial charge in [0, 0.05) is 19.5 Å². The zero-order valence-corrected chi connectivity index (χ0v) is 11.9. The van der Waals surface area contributed by atoms with Crippen LogP contribution >= 0.6 is 11.6 Å². The van der Waals surface area contributed by atoms with Gasteiger partial charge in [-0.3, -0.25) is 14.9 Å². The van der Waals surface area contributed by atoms with Gasteiger partial charge in [-0.2, -0.15) is 0 Å². The van der Waals surface area contributed by atoms with E-state index in [-0.39, 0.29) is 17.4 Å². The second kappa shape index (κ2) is 5.27. The van der Waals surface area contributed by atoms with Gasteiger partial charge in [0.1, 0.15) is 0 Å². The minimum atomic E-state index is -0.610. The summed E-state index contributed by atoms with van der Waals surface area (Å²) in [6.45, 7) is 0.732. The van der Waals surface area contributed by atoms with E-state index in [0.29, 0.717) is 30.8 Å². The first-order valence-electron chi connectivity index (χ1n) is 6.72. The summed E-state index contributed by atoms with van der Waals surface area (Å²) >= 11 is 6.07. The molecule has 2 N–H and O–H groups in total. The number of amides is 2. The molecule has 2 fully saturated rings. The number of β-amino-alcohol motifs (C(OH)–C–C–N with tert-alkyl or cyclic N) is 1. The van der Waals surface area contributed by atoms with Crippen LogP contribution in [0.3, 0.4) is 0 Å². The molecule has 0 radical (unpaired) electrons. The van der Waals surface area contributed by atoms with Crippen molar-refractivity contribution < 1.29 is 19.1 Å². The molecule has 2 saturated heterocycles. The van der Waals surface area contributed by atoms with Gasteiger partial charge < -0.3 is 10.0 Å². The molecule has 2 heterocycles. The van der Waals surface area contributed by atoms with Crippen molar-refractivity contribution in [2.75, 3.05) is 18.0 Å². The summed E-state index contributed by atoms with van der Waals surface area (Å²) in [5.41, 5.74) is 0.713. The molecule has 2 amide bonds. The van der Waals surface area contributed by atoms with Gasteiger partial charge in [0.15, 0.2) is 5.82 Å². The van der Waals surface area contributed by atoms with E-state index in [2.05, 4.69) is 5.32 Å². The van der Waals surface area contributed by atoms with Gasteiger partial charge in [0.2, 0.25) is 11.8 Å². The first-order chi connectivity index (χ1) is 9.97. The quantitative estimate of drug-likeness (QED) is 0.805. The molecule has 21 heavy (non-hydrogen) atoms. The number of nitrogens with zero attached hydrogens (tertiary/aromatic N) is 1. The molecule has 1 unspecified atom stereocenters. The van der Waals surface area contributed by atoms with Gasteiger partial charge in [-0.15, -0.1) is 0 Å². The normalized spacial score (nSPS) is 23.0. The van der Waals surface area contributed by atoms with Gasteiger partial charge >= 0.3 is 0 Å². The largest absolute Gasteiger partial charge is 0.389 e. The molecule has 0 aromatic heterocycles. The van der Waals surface area contributed by atoms with E-state index in [4.69, 9.17) is 11.6 Å². The Kier molecular flexibility index (Phi) is 3.59. The summed E-state index contributed by atoms with van der Waals surface area (Å²) in [6.07, 6.45) is 0.0954. The minimum absolute atomic E-state index is 0.0941. The average Bonchev–Trinajstić information content (AvgIpc) is 2.40. The summed E-state index contributed by atoms with van der Waals surface area (Å²) in [7, 11) is 0. The zero-order chi connectivity index (χ0) is 15.1. The predicted molar refractivity (Wildman–Crippen MR) is 74.8 cm³/mol. The second-order valence-electron chi connectivity index (χ2n) is 5.36. The molecule has 0 spiro atoms. The van der Waals surface area contributed by atoms with Crippen molar-refractivity contribution in [3.63, 3.8) is 0 Å². The number of imide groups is 1. The first-order valence-corrected chi connectivity index (χ1v) is 7.09. The van der Waals surface area contributed by atoms with Crippen LogP contribution in [0.4, 0.5) is 10.1 Å². The van der Waals surface area contributed by atoms with Crippen LogP contribution in [-0.4, -0.2) is 36.1 Å². The standard InChI is InChI=1S/C14H14ClFN2O3/c15-12-8(9-2-4-11(20)17-14(9)21)1-3-10(13(12)16)18-5-7(19)6-18/h1,3,7,9,19H,2,4-6H2,(H,17,20,21). The van der Waals surface area contributed by atoms with E-state index in [1.54, 1.807) is 17.0 Å². The maximum absolute atomic E-state index is 14.4. The van der Waals surface area contributed by atoms with Crippen molar-refractivity contribution in [3.05, 3.63) is 28.5 Å². The average molecular weight is 313 g/mol. The highest BCUT2D eigenvalue weighted by atomic mass is 35.5. The molecular weight excluding hydrogens is 299 g/mol. The SMILES string of the molecule is O=C1CCC(c2ccc(N3CC(O)C3)c(F)c2Cl)C(=O)N1. The number of aliphatic hydroxyl groups excluding tert-OH is 1. The Hall–Kier alpha value is -1.66. The molecule has 2 aliphatic heterocycles. The fraction of sp³-hybridized carbons (Fsp3) is 0.429. The summed E-state index contributed by atoms with van der Waals surface area (Å²) in [5, 5.41) is 11.4.